The zero-order chi connectivity index (χ0) is 22.2. The van der Waals surface area contributed by atoms with Crippen molar-refractivity contribution in [1.82, 2.24) is 14.8 Å². The predicted molar refractivity (Wildman–Crippen MR) is 100 cm³/mol. The second-order valence-corrected chi connectivity index (χ2v) is 7.43. The Balaban J connectivity index is 2.10. The van der Waals surface area contributed by atoms with Gasteiger partial charge in [0.1, 0.15) is 11.6 Å². The monoisotopic (exact) mass is 418 g/mol. The Morgan fingerprint density at radius 3 is 2.17 bits per heavy atom. The highest BCUT2D eigenvalue weighted by molar-refractivity contribution is 5.58. The van der Waals surface area contributed by atoms with E-state index in [0.717, 1.165) is 6.07 Å². The summed E-state index contributed by atoms with van der Waals surface area (Å²) in [5.41, 5.74) is -1.15. The van der Waals surface area contributed by atoms with E-state index in [9.17, 15) is 17.6 Å². The van der Waals surface area contributed by atoms with Crippen LogP contribution in [0, 0.1) is 34.6 Å². The van der Waals surface area contributed by atoms with Gasteiger partial charge in [-0.3, -0.25) is 0 Å². The van der Waals surface area contributed by atoms with Crippen LogP contribution < -0.4 is 4.74 Å². The lowest BCUT2D eigenvalue weighted by Crippen LogP contribution is -2.31. The van der Waals surface area contributed by atoms with Crippen LogP contribution in [0.15, 0.2) is 30.3 Å². The third-order valence-electron chi connectivity index (χ3n) is 4.41. The molecule has 0 saturated carbocycles. The van der Waals surface area contributed by atoms with E-state index in [1.165, 1.54) is 26.0 Å². The number of ether oxygens (including phenoxy) is 1. The maximum atomic E-state index is 14.6. The van der Waals surface area contributed by atoms with E-state index in [1.807, 2.05) is 6.07 Å². The molecule has 0 aliphatic rings. The van der Waals surface area contributed by atoms with Gasteiger partial charge >= 0.3 is 0 Å². The van der Waals surface area contributed by atoms with Crippen molar-refractivity contribution in [3.05, 3.63) is 65.0 Å². The topological polar surface area (TPSA) is 63.7 Å². The van der Waals surface area contributed by atoms with Gasteiger partial charge in [0.25, 0.3) is 0 Å². The Bertz CT molecular complexity index is 1130. The van der Waals surface area contributed by atoms with Crippen LogP contribution in [-0.4, -0.2) is 14.8 Å². The summed E-state index contributed by atoms with van der Waals surface area (Å²) in [6.45, 7) is 6.62. The Morgan fingerprint density at radius 2 is 1.63 bits per heavy atom. The summed E-state index contributed by atoms with van der Waals surface area (Å²) in [4.78, 5) is 0. The first kappa shape index (κ1) is 21.3. The van der Waals surface area contributed by atoms with Crippen LogP contribution in [0.2, 0.25) is 0 Å². The number of hydrogen-bond donors (Lipinski definition) is 0. The molecule has 0 amide bonds. The molecule has 0 saturated heterocycles. The predicted octanol–water partition coefficient (Wildman–Crippen LogP) is 5.27. The van der Waals surface area contributed by atoms with Crippen LogP contribution in [0.1, 0.15) is 45.1 Å². The molecule has 9 heteroatoms. The maximum absolute atomic E-state index is 14.6. The van der Waals surface area contributed by atoms with E-state index in [2.05, 4.69) is 10.2 Å². The number of nitrogens with zero attached hydrogens (tertiary/aromatic N) is 4. The van der Waals surface area contributed by atoms with Gasteiger partial charge in [-0.25, -0.2) is 17.6 Å². The van der Waals surface area contributed by atoms with Gasteiger partial charge in [-0.05, 0) is 45.9 Å². The summed E-state index contributed by atoms with van der Waals surface area (Å²) in [7, 11) is 0. The lowest BCUT2D eigenvalue weighted by molar-refractivity contribution is 0.0811. The van der Waals surface area contributed by atoms with Crippen molar-refractivity contribution in [2.45, 2.75) is 39.3 Å². The largest absolute Gasteiger partial charge is 0.474 e. The molecular weight excluding hydrogens is 400 g/mol. The van der Waals surface area contributed by atoms with Gasteiger partial charge in [0.05, 0.1) is 17.2 Å². The molecule has 0 fully saturated rings. The van der Waals surface area contributed by atoms with Crippen LogP contribution in [0.4, 0.5) is 17.6 Å². The van der Waals surface area contributed by atoms with Gasteiger partial charge in [0.15, 0.2) is 34.6 Å². The summed E-state index contributed by atoms with van der Waals surface area (Å²) in [5.74, 6) is -4.55. The van der Waals surface area contributed by atoms with E-state index in [1.54, 1.807) is 18.4 Å². The summed E-state index contributed by atoms with van der Waals surface area (Å²) in [6.07, 6.45) is 0. The number of halogens is 4. The molecule has 30 heavy (non-hydrogen) atoms. The van der Waals surface area contributed by atoms with Crippen molar-refractivity contribution >= 4 is 0 Å². The molecule has 0 atom stereocenters. The summed E-state index contributed by atoms with van der Waals surface area (Å²) in [5, 5.41) is 17.1. The first-order valence-electron chi connectivity index (χ1n) is 9.04. The third-order valence-corrected chi connectivity index (χ3v) is 4.41. The number of benzene rings is 2. The van der Waals surface area contributed by atoms with Crippen molar-refractivity contribution in [2.75, 3.05) is 0 Å². The quantitative estimate of drug-likeness (QED) is 0.530. The lowest BCUT2D eigenvalue weighted by Gasteiger charge is -2.28. The first-order chi connectivity index (χ1) is 14.0. The third kappa shape index (κ3) is 3.85. The maximum Gasteiger partial charge on any atom is 0.192 e. The number of hydrogen-bond acceptors (Lipinski definition) is 4. The second kappa shape index (κ2) is 7.78. The fourth-order valence-corrected chi connectivity index (χ4v) is 3.07. The minimum Gasteiger partial charge on any atom is -0.474 e. The Kier molecular flexibility index (Phi) is 5.53. The van der Waals surface area contributed by atoms with Gasteiger partial charge in [-0.1, -0.05) is 0 Å². The van der Waals surface area contributed by atoms with E-state index in [4.69, 9.17) is 10.00 Å². The van der Waals surface area contributed by atoms with E-state index >= 15 is 0 Å². The van der Waals surface area contributed by atoms with Gasteiger partial charge in [-0.15, -0.1) is 10.2 Å². The Hall–Kier alpha value is -3.41. The van der Waals surface area contributed by atoms with E-state index in [-0.39, 0.29) is 28.8 Å². The van der Waals surface area contributed by atoms with Gasteiger partial charge < -0.3 is 9.30 Å². The molecule has 2 aromatic carbocycles. The Morgan fingerprint density at radius 1 is 1.00 bits per heavy atom. The average Bonchev–Trinajstić information content (AvgIpc) is 3.10. The van der Waals surface area contributed by atoms with Crippen LogP contribution in [0.25, 0.3) is 11.4 Å². The fraction of sp³-hybridized carbons (Fsp3) is 0.286. The summed E-state index contributed by atoms with van der Waals surface area (Å²) in [6, 6.07) is 6.55. The molecule has 1 heterocycles. The number of nitriles is 1. The summed E-state index contributed by atoms with van der Waals surface area (Å²) < 4.78 is 63.0. The molecule has 156 valence electrons. The molecule has 0 radical (unpaired) electrons. The van der Waals surface area contributed by atoms with Crippen molar-refractivity contribution in [1.29, 1.82) is 5.26 Å². The molecule has 5 nitrogen and oxygen atoms in total. The standard InChI is InChI=1S/C21H18F4N4O/c1-11(2)29-19(14-6-5-12(10-26)7-15(14)23)27-28-20(29)21(3,4)30-18-16(24)8-13(22)9-17(18)25/h5-9,11H,1-4H3. The van der Waals surface area contributed by atoms with Crippen molar-refractivity contribution in [2.24, 2.45) is 0 Å². The molecule has 3 rings (SSSR count). The molecule has 0 aliphatic carbocycles. The molecule has 0 unspecified atom stereocenters. The highest BCUT2D eigenvalue weighted by Crippen LogP contribution is 2.35. The van der Waals surface area contributed by atoms with E-state index in [0.29, 0.717) is 12.1 Å². The lowest BCUT2D eigenvalue weighted by atomic mass is 10.1. The molecular formula is C21H18F4N4O. The van der Waals surface area contributed by atoms with Crippen molar-refractivity contribution in [3.63, 3.8) is 0 Å². The summed E-state index contributed by atoms with van der Waals surface area (Å²) >= 11 is 0. The minimum atomic E-state index is -1.40. The molecule has 3 aromatic rings. The fourth-order valence-electron chi connectivity index (χ4n) is 3.07. The van der Waals surface area contributed by atoms with Crippen molar-refractivity contribution < 1.29 is 22.3 Å². The molecule has 0 N–H and O–H groups in total. The van der Waals surface area contributed by atoms with Crippen LogP contribution in [0.5, 0.6) is 5.75 Å². The van der Waals surface area contributed by atoms with Gasteiger partial charge in [-0.2, -0.15) is 5.26 Å². The van der Waals surface area contributed by atoms with Gasteiger partial charge in [0.2, 0.25) is 0 Å². The van der Waals surface area contributed by atoms with Crippen LogP contribution >= 0.6 is 0 Å². The zero-order valence-corrected chi connectivity index (χ0v) is 16.7. The smallest absolute Gasteiger partial charge is 0.192 e. The zero-order valence-electron chi connectivity index (χ0n) is 16.7. The van der Waals surface area contributed by atoms with Gasteiger partial charge in [0, 0.05) is 18.2 Å². The SMILES string of the molecule is CC(C)n1c(-c2ccc(C#N)cc2F)nnc1C(C)(C)Oc1c(F)cc(F)cc1F. The first-order valence-corrected chi connectivity index (χ1v) is 9.04. The van der Waals surface area contributed by atoms with Crippen molar-refractivity contribution in [3.8, 4) is 23.2 Å². The highest BCUT2D eigenvalue weighted by atomic mass is 19.1. The number of rotatable bonds is 5. The highest BCUT2D eigenvalue weighted by Gasteiger charge is 2.34. The van der Waals surface area contributed by atoms with E-state index < -0.39 is 34.6 Å². The van der Waals surface area contributed by atoms with Crippen LogP contribution in [-0.2, 0) is 5.60 Å². The molecule has 0 spiro atoms. The molecule has 0 bridgehead atoms. The minimum absolute atomic E-state index is 0.108. The van der Waals surface area contributed by atoms with Crippen LogP contribution in [0.3, 0.4) is 0 Å². The Labute approximate surface area is 170 Å². The molecule has 0 aliphatic heterocycles. The second-order valence-electron chi connectivity index (χ2n) is 7.43. The average molecular weight is 418 g/mol. The molecule has 1 aromatic heterocycles. The number of aromatic nitrogens is 3. The normalized spacial score (nSPS) is 11.6.